The Bertz CT molecular complexity index is 623. The fraction of sp³-hybridized carbons (Fsp3) is 0.667. The zero-order valence-corrected chi connectivity index (χ0v) is 14.1. The third-order valence-electron chi connectivity index (χ3n) is 5.47. The molecule has 0 spiro atoms. The van der Waals surface area contributed by atoms with Gasteiger partial charge in [0.1, 0.15) is 24.4 Å². The van der Waals surface area contributed by atoms with Gasteiger partial charge in [0.2, 0.25) is 0 Å². The molecule has 1 unspecified atom stereocenters. The number of rotatable bonds is 1. The minimum absolute atomic E-state index is 0.0261. The standard InChI is InChI=1S/C18H23NO5/c1-10-12-9-20-15-14(21-17-16(15)22-18(2,3)23-17)13(10)19(24-12)11-7-5-4-6-8-11/h4-8,10,12-17H,9H2,1-3H3/t10?,12-,13-,14+,15-,16+,17+/m0/s1. The summed E-state index contributed by atoms with van der Waals surface area (Å²) in [6.07, 6.45) is -0.813. The summed E-state index contributed by atoms with van der Waals surface area (Å²) < 4.78 is 24.4. The van der Waals surface area contributed by atoms with Crippen molar-refractivity contribution in [3.8, 4) is 0 Å². The summed E-state index contributed by atoms with van der Waals surface area (Å²) in [5.74, 6) is -0.331. The van der Waals surface area contributed by atoms with E-state index < -0.39 is 5.79 Å². The van der Waals surface area contributed by atoms with Crippen LogP contribution in [0.15, 0.2) is 30.3 Å². The quantitative estimate of drug-likeness (QED) is 0.784. The fourth-order valence-corrected chi connectivity index (χ4v) is 4.34. The summed E-state index contributed by atoms with van der Waals surface area (Å²) >= 11 is 0. The maximum atomic E-state index is 6.26. The van der Waals surface area contributed by atoms with E-state index in [1.807, 2.05) is 37.1 Å². The Hall–Kier alpha value is -1.18. The van der Waals surface area contributed by atoms with Crippen LogP contribution in [-0.4, -0.2) is 49.1 Å². The van der Waals surface area contributed by atoms with Crippen molar-refractivity contribution >= 4 is 5.69 Å². The van der Waals surface area contributed by atoms with Gasteiger partial charge < -0.3 is 18.9 Å². The molecule has 130 valence electrons. The Morgan fingerprint density at radius 2 is 1.83 bits per heavy atom. The molecule has 0 radical (unpaired) electrons. The van der Waals surface area contributed by atoms with Crippen LogP contribution in [0, 0.1) is 5.92 Å². The highest BCUT2D eigenvalue weighted by Gasteiger charge is 2.62. The van der Waals surface area contributed by atoms with Crippen molar-refractivity contribution in [2.24, 2.45) is 5.92 Å². The summed E-state index contributed by atoms with van der Waals surface area (Å²) in [6.45, 7) is 6.56. The number of para-hydroxylation sites is 1. The van der Waals surface area contributed by atoms with Gasteiger partial charge in [0.15, 0.2) is 12.1 Å². The van der Waals surface area contributed by atoms with E-state index in [0.717, 1.165) is 5.69 Å². The number of nitrogens with zero attached hydrogens (tertiary/aromatic N) is 1. The SMILES string of the molecule is CC1[C@@H]2CO[C@@H]3[C@H]4OC(C)(C)O[C@H]4O[C@@H]3[C@H]1N(c1ccccc1)O2. The van der Waals surface area contributed by atoms with Gasteiger partial charge in [-0.3, -0.25) is 4.84 Å². The van der Waals surface area contributed by atoms with Gasteiger partial charge in [0.25, 0.3) is 0 Å². The highest BCUT2D eigenvalue weighted by molar-refractivity contribution is 5.46. The lowest BCUT2D eigenvalue weighted by Crippen LogP contribution is -2.49. The molecular formula is C18H23NO5. The lowest BCUT2D eigenvalue weighted by molar-refractivity contribution is -0.222. The molecule has 1 aromatic rings. The number of hydrogen-bond donors (Lipinski definition) is 0. The monoisotopic (exact) mass is 333 g/mol. The van der Waals surface area contributed by atoms with Crippen molar-refractivity contribution in [2.75, 3.05) is 11.7 Å². The summed E-state index contributed by atoms with van der Waals surface area (Å²) in [5, 5.41) is 2.00. The Morgan fingerprint density at radius 1 is 1.04 bits per heavy atom. The molecule has 4 fully saturated rings. The summed E-state index contributed by atoms with van der Waals surface area (Å²) in [6, 6.07) is 10.2. The van der Waals surface area contributed by atoms with Gasteiger partial charge in [-0.25, -0.2) is 5.06 Å². The van der Waals surface area contributed by atoms with Gasteiger partial charge >= 0.3 is 0 Å². The molecule has 0 amide bonds. The minimum atomic E-state index is -0.629. The van der Waals surface area contributed by atoms with Crippen LogP contribution in [0.4, 0.5) is 5.69 Å². The van der Waals surface area contributed by atoms with E-state index in [9.17, 15) is 0 Å². The highest BCUT2D eigenvalue weighted by atomic mass is 16.8. The van der Waals surface area contributed by atoms with Crippen LogP contribution in [0.1, 0.15) is 20.8 Å². The van der Waals surface area contributed by atoms with E-state index in [1.54, 1.807) is 0 Å². The van der Waals surface area contributed by atoms with Crippen LogP contribution < -0.4 is 5.06 Å². The van der Waals surface area contributed by atoms with E-state index in [4.69, 9.17) is 23.8 Å². The molecule has 6 nitrogen and oxygen atoms in total. The Balaban J connectivity index is 1.48. The molecule has 0 aromatic heterocycles. The van der Waals surface area contributed by atoms with Gasteiger partial charge in [0.05, 0.1) is 18.3 Å². The molecule has 5 rings (SSSR count). The van der Waals surface area contributed by atoms with Crippen molar-refractivity contribution in [2.45, 2.75) is 63.3 Å². The second-order valence-corrected chi connectivity index (χ2v) is 7.52. The predicted octanol–water partition coefficient (Wildman–Crippen LogP) is 2.09. The zero-order chi connectivity index (χ0) is 16.5. The highest BCUT2D eigenvalue weighted by Crippen LogP contribution is 2.46. The number of anilines is 1. The van der Waals surface area contributed by atoms with E-state index in [-0.39, 0.29) is 36.7 Å². The molecule has 4 aliphatic rings. The van der Waals surface area contributed by atoms with E-state index >= 15 is 0 Å². The number of benzene rings is 1. The number of hydrogen-bond acceptors (Lipinski definition) is 6. The van der Waals surface area contributed by atoms with Crippen molar-refractivity contribution < 1.29 is 23.8 Å². The van der Waals surface area contributed by atoms with Crippen molar-refractivity contribution in [1.82, 2.24) is 0 Å². The molecule has 2 bridgehead atoms. The first-order chi connectivity index (χ1) is 11.5. The average molecular weight is 333 g/mol. The maximum absolute atomic E-state index is 6.26. The third kappa shape index (κ3) is 2.14. The zero-order valence-electron chi connectivity index (χ0n) is 14.1. The molecule has 4 aliphatic heterocycles. The first-order valence-corrected chi connectivity index (χ1v) is 8.67. The maximum Gasteiger partial charge on any atom is 0.190 e. The molecular weight excluding hydrogens is 310 g/mol. The summed E-state index contributed by atoms with van der Waals surface area (Å²) in [4.78, 5) is 6.18. The minimum Gasteiger partial charge on any atom is -0.370 e. The van der Waals surface area contributed by atoms with Gasteiger partial charge in [-0.1, -0.05) is 25.1 Å². The molecule has 7 atom stereocenters. The fourth-order valence-electron chi connectivity index (χ4n) is 4.34. The van der Waals surface area contributed by atoms with Gasteiger partial charge in [-0.15, -0.1) is 0 Å². The summed E-state index contributed by atoms with van der Waals surface area (Å²) in [5.41, 5.74) is 1.04. The average Bonchev–Trinajstić information content (AvgIpc) is 3.09. The Kier molecular flexibility index (Phi) is 3.25. The second-order valence-electron chi connectivity index (χ2n) is 7.52. The van der Waals surface area contributed by atoms with Gasteiger partial charge in [0, 0.05) is 5.92 Å². The predicted molar refractivity (Wildman–Crippen MR) is 85.2 cm³/mol. The van der Waals surface area contributed by atoms with Crippen molar-refractivity contribution in [1.29, 1.82) is 0 Å². The molecule has 1 aromatic carbocycles. The lowest BCUT2D eigenvalue weighted by atomic mass is 9.91. The molecule has 4 heterocycles. The van der Waals surface area contributed by atoms with Crippen LogP contribution in [0.3, 0.4) is 0 Å². The molecule has 0 aliphatic carbocycles. The second kappa shape index (κ2) is 5.16. The van der Waals surface area contributed by atoms with Gasteiger partial charge in [-0.05, 0) is 26.0 Å². The number of hydroxylamine groups is 1. The number of ether oxygens (including phenoxy) is 4. The van der Waals surface area contributed by atoms with Crippen LogP contribution in [0.5, 0.6) is 0 Å². The van der Waals surface area contributed by atoms with E-state index in [1.165, 1.54) is 0 Å². The topological polar surface area (TPSA) is 49.4 Å². The van der Waals surface area contributed by atoms with Gasteiger partial charge in [-0.2, -0.15) is 0 Å². The van der Waals surface area contributed by atoms with Crippen LogP contribution >= 0.6 is 0 Å². The normalized spacial score (nSPS) is 45.8. The van der Waals surface area contributed by atoms with Crippen molar-refractivity contribution in [3.05, 3.63) is 30.3 Å². The molecule has 24 heavy (non-hydrogen) atoms. The third-order valence-corrected chi connectivity index (χ3v) is 5.47. The lowest BCUT2D eigenvalue weighted by Gasteiger charge is -2.34. The first-order valence-electron chi connectivity index (χ1n) is 8.67. The first kappa shape index (κ1) is 15.1. The van der Waals surface area contributed by atoms with E-state index in [0.29, 0.717) is 12.5 Å². The number of fused-ring (bicyclic) bond motifs is 6. The van der Waals surface area contributed by atoms with Crippen molar-refractivity contribution in [3.63, 3.8) is 0 Å². The van der Waals surface area contributed by atoms with Crippen LogP contribution in [0.2, 0.25) is 0 Å². The van der Waals surface area contributed by atoms with Crippen LogP contribution in [-0.2, 0) is 23.8 Å². The molecule has 4 saturated heterocycles. The van der Waals surface area contributed by atoms with Crippen LogP contribution in [0.25, 0.3) is 0 Å². The molecule has 0 saturated carbocycles. The Labute approximate surface area is 141 Å². The molecule has 0 N–H and O–H groups in total. The smallest absolute Gasteiger partial charge is 0.190 e. The van der Waals surface area contributed by atoms with E-state index in [2.05, 4.69) is 19.1 Å². The summed E-state index contributed by atoms with van der Waals surface area (Å²) in [7, 11) is 0. The largest absolute Gasteiger partial charge is 0.370 e. The Morgan fingerprint density at radius 3 is 2.62 bits per heavy atom. The molecule has 6 heteroatoms.